The number of hydrogen-bond donors (Lipinski definition) is 0. The van der Waals surface area contributed by atoms with Gasteiger partial charge in [-0.05, 0) is 69.8 Å². The van der Waals surface area contributed by atoms with Gasteiger partial charge in [-0.2, -0.15) is 0 Å². The van der Waals surface area contributed by atoms with Crippen LogP contribution in [0.25, 0.3) is 32.7 Å². The Labute approximate surface area is 234 Å². The molecule has 6 aromatic carbocycles. The van der Waals surface area contributed by atoms with E-state index in [9.17, 15) is 0 Å². The van der Waals surface area contributed by atoms with E-state index in [0.29, 0.717) is 0 Å². The molecule has 1 aliphatic carbocycles. The van der Waals surface area contributed by atoms with Crippen LogP contribution in [0.5, 0.6) is 0 Å². The van der Waals surface area contributed by atoms with Crippen LogP contribution in [0.3, 0.4) is 0 Å². The largest absolute Gasteiger partial charge is 0.0616 e. The zero-order valence-electron chi connectivity index (χ0n) is 21.5. The summed E-state index contributed by atoms with van der Waals surface area (Å²) in [6.07, 6.45) is 0. The predicted molar refractivity (Wildman–Crippen MR) is 165 cm³/mol. The van der Waals surface area contributed by atoms with Gasteiger partial charge in [0, 0.05) is 44.5 Å². The fourth-order valence-electron chi connectivity index (χ4n) is 5.16. The third-order valence-electron chi connectivity index (χ3n) is 7.08. The minimum absolute atomic E-state index is 0.859. The summed E-state index contributed by atoms with van der Waals surface area (Å²) in [5, 5.41) is 4.62. The van der Waals surface area contributed by atoms with E-state index in [0.717, 1.165) is 66.1 Å². The van der Waals surface area contributed by atoms with Crippen molar-refractivity contribution in [2.45, 2.75) is 0 Å². The molecule has 0 radical (unpaired) electrons. The van der Waals surface area contributed by atoms with Crippen LogP contribution in [0, 0.1) is 47.4 Å². The monoisotopic (exact) mass is 500 g/mol. The number of hydrogen-bond acceptors (Lipinski definition) is 0. The first-order valence-electron chi connectivity index (χ1n) is 13.1. The first kappa shape index (κ1) is 23.2. The summed E-state index contributed by atoms with van der Waals surface area (Å²) in [5.41, 5.74) is 7.56. The van der Waals surface area contributed by atoms with Crippen molar-refractivity contribution in [2.75, 3.05) is 0 Å². The zero-order chi connectivity index (χ0) is 26.7. The summed E-state index contributed by atoms with van der Waals surface area (Å²) in [6, 6.07) is 41.5. The van der Waals surface area contributed by atoms with Gasteiger partial charge in [0.1, 0.15) is 0 Å². The van der Waals surface area contributed by atoms with E-state index in [1.54, 1.807) is 0 Å². The summed E-state index contributed by atoms with van der Waals surface area (Å²) in [6.45, 7) is 0. The molecule has 6 aromatic rings. The SMILES string of the molecule is C1#Cc2ccccc2C#Cc2ccc3ccccc3c2-c2c(ccc3ccccc23)C#Cc2ccccc2C#C1. The maximum absolute atomic E-state index is 3.51. The van der Waals surface area contributed by atoms with Crippen molar-refractivity contribution < 1.29 is 0 Å². The van der Waals surface area contributed by atoms with E-state index in [4.69, 9.17) is 0 Å². The molecule has 0 aromatic heterocycles. The quantitative estimate of drug-likeness (QED) is 0.185. The molecule has 0 N–H and O–H groups in total. The van der Waals surface area contributed by atoms with Gasteiger partial charge in [0.15, 0.2) is 0 Å². The Morgan fingerprint density at radius 1 is 0.275 bits per heavy atom. The van der Waals surface area contributed by atoms with Crippen LogP contribution in [0.2, 0.25) is 0 Å². The minimum Gasteiger partial charge on any atom is -0.0616 e. The highest BCUT2D eigenvalue weighted by Crippen LogP contribution is 2.39. The Balaban J connectivity index is 1.64. The summed E-state index contributed by atoms with van der Waals surface area (Å²) in [4.78, 5) is 0. The lowest BCUT2D eigenvalue weighted by Crippen LogP contribution is -1.94. The second-order valence-corrected chi connectivity index (χ2v) is 9.51. The number of fused-ring (bicyclic) bond motifs is 9. The molecule has 0 heterocycles. The maximum Gasteiger partial charge on any atom is 0.0412 e. The fourth-order valence-corrected chi connectivity index (χ4v) is 5.16. The van der Waals surface area contributed by atoms with Crippen molar-refractivity contribution in [2.24, 2.45) is 0 Å². The van der Waals surface area contributed by atoms with Crippen LogP contribution in [0.15, 0.2) is 121 Å². The molecule has 0 saturated heterocycles. The van der Waals surface area contributed by atoms with E-state index < -0.39 is 0 Å². The smallest absolute Gasteiger partial charge is 0.0412 e. The van der Waals surface area contributed by atoms with Crippen LogP contribution in [0.4, 0.5) is 0 Å². The second-order valence-electron chi connectivity index (χ2n) is 9.51. The highest BCUT2D eigenvalue weighted by atomic mass is 14.2. The van der Waals surface area contributed by atoms with Gasteiger partial charge in [0.2, 0.25) is 0 Å². The molecule has 180 valence electrons. The zero-order valence-corrected chi connectivity index (χ0v) is 21.5. The summed E-state index contributed by atoms with van der Waals surface area (Å²) >= 11 is 0. The molecule has 0 atom stereocenters. The molecular weight excluding hydrogens is 480 g/mol. The molecule has 1 aliphatic rings. The standard InChI is InChI=1S/C40H20/c1-2-12-30-14-4-6-16-32(30)22-26-36-28-24-34-18-8-10-20-38(34)40(36)39-35(27-23-33-17-7-9-19-37(33)39)25-21-31-15-5-3-13-29(31)11-1/h3-10,13-20,23-24,27-28H. The Hall–Kier alpha value is -5.92. The van der Waals surface area contributed by atoms with Crippen molar-refractivity contribution in [3.05, 3.63) is 155 Å². The predicted octanol–water partition coefficient (Wildman–Crippen LogP) is 8.18. The average Bonchev–Trinajstić information content (AvgIpc) is 3.01. The van der Waals surface area contributed by atoms with Crippen molar-refractivity contribution in [1.29, 1.82) is 0 Å². The van der Waals surface area contributed by atoms with Crippen molar-refractivity contribution in [3.63, 3.8) is 0 Å². The molecular formula is C40H20. The molecule has 0 fully saturated rings. The Kier molecular flexibility index (Phi) is 5.86. The van der Waals surface area contributed by atoms with Gasteiger partial charge in [-0.15, -0.1) is 0 Å². The molecule has 0 saturated carbocycles. The molecule has 40 heavy (non-hydrogen) atoms. The lowest BCUT2D eigenvalue weighted by atomic mass is 9.87. The molecule has 7 rings (SSSR count). The lowest BCUT2D eigenvalue weighted by Gasteiger charge is -2.15. The van der Waals surface area contributed by atoms with E-state index in [2.05, 4.69) is 120 Å². The highest BCUT2D eigenvalue weighted by molar-refractivity contribution is 6.09. The van der Waals surface area contributed by atoms with E-state index in [1.807, 2.05) is 48.5 Å². The molecule has 0 unspecified atom stereocenters. The van der Waals surface area contributed by atoms with Crippen LogP contribution in [0.1, 0.15) is 33.4 Å². The first-order valence-corrected chi connectivity index (χ1v) is 13.1. The molecule has 0 bridgehead atoms. The molecule has 0 nitrogen and oxygen atoms in total. The lowest BCUT2D eigenvalue weighted by molar-refractivity contribution is 1.57. The van der Waals surface area contributed by atoms with Crippen molar-refractivity contribution in [1.82, 2.24) is 0 Å². The van der Waals surface area contributed by atoms with Gasteiger partial charge in [0.05, 0.1) is 0 Å². The van der Waals surface area contributed by atoms with E-state index in [-0.39, 0.29) is 0 Å². The number of benzene rings is 6. The van der Waals surface area contributed by atoms with Crippen LogP contribution < -0.4 is 0 Å². The maximum atomic E-state index is 3.51. The summed E-state index contributed by atoms with van der Waals surface area (Å²) < 4.78 is 0. The van der Waals surface area contributed by atoms with Gasteiger partial charge < -0.3 is 0 Å². The second kappa shape index (κ2) is 10.1. The third-order valence-corrected chi connectivity index (χ3v) is 7.08. The average molecular weight is 501 g/mol. The van der Waals surface area contributed by atoms with Crippen LogP contribution in [-0.4, -0.2) is 0 Å². The van der Waals surface area contributed by atoms with Gasteiger partial charge in [-0.3, -0.25) is 0 Å². The Morgan fingerprint density at radius 2 is 0.625 bits per heavy atom. The van der Waals surface area contributed by atoms with Gasteiger partial charge in [-0.25, -0.2) is 0 Å². The Morgan fingerprint density at radius 3 is 1.07 bits per heavy atom. The number of rotatable bonds is 0. The molecule has 0 spiro atoms. The van der Waals surface area contributed by atoms with Crippen molar-refractivity contribution >= 4 is 21.5 Å². The molecule has 0 aliphatic heterocycles. The van der Waals surface area contributed by atoms with Gasteiger partial charge in [-0.1, -0.05) is 120 Å². The summed E-state index contributed by atoms with van der Waals surface area (Å²) in [5.74, 6) is 26.3. The highest BCUT2D eigenvalue weighted by Gasteiger charge is 2.16. The Bertz CT molecular complexity index is 2070. The van der Waals surface area contributed by atoms with Gasteiger partial charge in [0.25, 0.3) is 0 Å². The third kappa shape index (κ3) is 4.28. The van der Waals surface area contributed by atoms with Crippen LogP contribution in [-0.2, 0) is 0 Å². The normalized spacial score (nSPS) is 11.0. The molecule has 0 amide bonds. The van der Waals surface area contributed by atoms with E-state index in [1.165, 1.54) is 0 Å². The fraction of sp³-hybridized carbons (Fsp3) is 0. The minimum atomic E-state index is 0.859. The summed E-state index contributed by atoms with van der Waals surface area (Å²) in [7, 11) is 0. The van der Waals surface area contributed by atoms with E-state index >= 15 is 0 Å². The van der Waals surface area contributed by atoms with Crippen LogP contribution >= 0.6 is 0 Å². The van der Waals surface area contributed by atoms with Crippen molar-refractivity contribution in [3.8, 4) is 58.5 Å². The first-order chi connectivity index (χ1) is 19.8. The molecule has 0 heteroatoms. The van der Waals surface area contributed by atoms with Gasteiger partial charge >= 0.3 is 0 Å². The topological polar surface area (TPSA) is 0 Å².